The molecule has 2 aromatic carbocycles. The molecule has 0 aliphatic rings. The Morgan fingerprint density at radius 2 is 1.86 bits per heavy atom. The van der Waals surface area contributed by atoms with E-state index in [1.807, 2.05) is 54.8 Å². The van der Waals surface area contributed by atoms with Crippen LogP contribution >= 0.6 is 27.7 Å². The minimum Gasteiger partial charge on any atom is -0.273 e. The van der Waals surface area contributed by atoms with E-state index < -0.39 is 0 Å². The molecule has 1 N–H and O–H groups in total. The van der Waals surface area contributed by atoms with E-state index >= 15 is 0 Å². The highest BCUT2D eigenvalue weighted by Crippen LogP contribution is 2.14. The quantitative estimate of drug-likeness (QED) is 0.498. The maximum Gasteiger partial charge on any atom is 0.244 e. The van der Waals surface area contributed by atoms with Crippen LogP contribution in [0.4, 0.5) is 0 Å². The van der Waals surface area contributed by atoms with Gasteiger partial charge in [0.1, 0.15) is 0 Å². The third-order valence-corrected chi connectivity index (χ3v) is 4.07. The molecule has 5 heteroatoms. The molecule has 0 saturated heterocycles. The Bertz CT molecular complexity index is 624. The Hall–Kier alpha value is -1.59. The number of hydrazone groups is 1. The molecule has 108 valence electrons. The maximum atomic E-state index is 11.7. The number of carbonyl (C=O) groups is 1. The van der Waals surface area contributed by atoms with Crippen molar-refractivity contribution in [3.8, 4) is 0 Å². The number of hydrogen-bond donors (Lipinski definition) is 1. The predicted molar refractivity (Wildman–Crippen MR) is 91.8 cm³/mol. The molecule has 2 aromatic rings. The summed E-state index contributed by atoms with van der Waals surface area (Å²) in [7, 11) is 0. The number of nitrogens with one attached hydrogen (secondary N) is 1. The van der Waals surface area contributed by atoms with E-state index in [-0.39, 0.29) is 5.91 Å². The van der Waals surface area contributed by atoms with E-state index in [4.69, 9.17) is 0 Å². The zero-order valence-electron chi connectivity index (χ0n) is 11.5. The van der Waals surface area contributed by atoms with E-state index in [0.717, 1.165) is 15.6 Å². The topological polar surface area (TPSA) is 41.5 Å². The van der Waals surface area contributed by atoms with Gasteiger partial charge in [0.05, 0.1) is 12.6 Å². The number of benzene rings is 2. The van der Waals surface area contributed by atoms with Crippen LogP contribution in [0.25, 0.3) is 0 Å². The van der Waals surface area contributed by atoms with Crippen molar-refractivity contribution >= 4 is 39.8 Å². The number of rotatable bonds is 5. The largest absolute Gasteiger partial charge is 0.273 e. The SMILES string of the molecule is CSc1ccc(/C=N\NC(=O)Cc2ccc(Br)cc2)cc1. The van der Waals surface area contributed by atoms with Gasteiger partial charge in [-0.25, -0.2) is 5.43 Å². The molecule has 0 unspecified atom stereocenters. The van der Waals surface area contributed by atoms with Crippen molar-refractivity contribution < 1.29 is 4.79 Å². The Morgan fingerprint density at radius 1 is 1.19 bits per heavy atom. The Balaban J connectivity index is 1.85. The summed E-state index contributed by atoms with van der Waals surface area (Å²) in [5, 5.41) is 3.97. The zero-order valence-corrected chi connectivity index (χ0v) is 13.9. The van der Waals surface area contributed by atoms with Gasteiger partial charge in [0, 0.05) is 9.37 Å². The summed E-state index contributed by atoms with van der Waals surface area (Å²) in [6, 6.07) is 15.6. The smallest absolute Gasteiger partial charge is 0.244 e. The number of nitrogens with zero attached hydrogens (tertiary/aromatic N) is 1. The van der Waals surface area contributed by atoms with Crippen LogP contribution in [0.1, 0.15) is 11.1 Å². The summed E-state index contributed by atoms with van der Waals surface area (Å²) in [5.41, 5.74) is 4.45. The van der Waals surface area contributed by atoms with E-state index in [1.54, 1.807) is 18.0 Å². The highest BCUT2D eigenvalue weighted by Gasteiger charge is 2.01. The number of thioether (sulfide) groups is 1. The first-order chi connectivity index (χ1) is 10.2. The number of carbonyl (C=O) groups excluding carboxylic acids is 1. The van der Waals surface area contributed by atoms with Gasteiger partial charge in [-0.05, 0) is 41.6 Å². The van der Waals surface area contributed by atoms with Crippen molar-refractivity contribution in [1.82, 2.24) is 5.43 Å². The molecule has 0 heterocycles. The molecule has 0 bridgehead atoms. The van der Waals surface area contributed by atoms with Gasteiger partial charge in [0.2, 0.25) is 5.91 Å². The molecule has 0 saturated carbocycles. The Kier molecular flexibility index (Phi) is 6.02. The lowest BCUT2D eigenvalue weighted by molar-refractivity contribution is -0.120. The summed E-state index contributed by atoms with van der Waals surface area (Å²) >= 11 is 5.05. The van der Waals surface area contributed by atoms with Gasteiger partial charge in [-0.2, -0.15) is 5.10 Å². The predicted octanol–water partition coefficient (Wildman–Crippen LogP) is 3.86. The van der Waals surface area contributed by atoms with Crippen LogP contribution in [0.5, 0.6) is 0 Å². The second-order valence-electron chi connectivity index (χ2n) is 4.37. The summed E-state index contributed by atoms with van der Waals surface area (Å²) in [5.74, 6) is -0.130. The van der Waals surface area contributed by atoms with E-state index in [9.17, 15) is 4.79 Å². The van der Waals surface area contributed by atoms with Gasteiger partial charge >= 0.3 is 0 Å². The van der Waals surface area contributed by atoms with Crippen molar-refractivity contribution in [3.05, 3.63) is 64.1 Å². The van der Waals surface area contributed by atoms with Gasteiger partial charge < -0.3 is 0 Å². The first-order valence-electron chi connectivity index (χ1n) is 6.38. The van der Waals surface area contributed by atoms with Crippen LogP contribution in [0, 0.1) is 0 Å². The number of hydrogen-bond acceptors (Lipinski definition) is 3. The molecule has 0 spiro atoms. The highest BCUT2D eigenvalue weighted by atomic mass is 79.9. The minimum atomic E-state index is -0.130. The van der Waals surface area contributed by atoms with Crippen molar-refractivity contribution in [1.29, 1.82) is 0 Å². The van der Waals surface area contributed by atoms with E-state index in [1.165, 1.54) is 4.90 Å². The molecule has 0 aliphatic carbocycles. The first-order valence-corrected chi connectivity index (χ1v) is 8.39. The molecule has 0 aromatic heterocycles. The van der Waals surface area contributed by atoms with Gasteiger partial charge in [0.25, 0.3) is 0 Å². The second-order valence-corrected chi connectivity index (χ2v) is 6.16. The van der Waals surface area contributed by atoms with E-state index in [0.29, 0.717) is 6.42 Å². The fourth-order valence-corrected chi connectivity index (χ4v) is 2.37. The Morgan fingerprint density at radius 3 is 2.48 bits per heavy atom. The van der Waals surface area contributed by atoms with Crippen molar-refractivity contribution in [3.63, 3.8) is 0 Å². The monoisotopic (exact) mass is 362 g/mol. The van der Waals surface area contributed by atoms with Gasteiger partial charge in [-0.1, -0.05) is 40.2 Å². The Labute approximate surface area is 137 Å². The van der Waals surface area contributed by atoms with Crippen LogP contribution in [-0.2, 0) is 11.2 Å². The molecular formula is C16H15BrN2OS. The van der Waals surface area contributed by atoms with Crippen molar-refractivity contribution in [2.75, 3.05) is 6.26 Å². The van der Waals surface area contributed by atoms with Crippen LogP contribution in [0.15, 0.2) is 63.0 Å². The molecule has 0 aliphatic heterocycles. The maximum absolute atomic E-state index is 11.7. The van der Waals surface area contributed by atoms with Crippen LogP contribution < -0.4 is 5.43 Å². The van der Waals surface area contributed by atoms with Gasteiger partial charge in [-0.3, -0.25) is 4.79 Å². The van der Waals surface area contributed by atoms with Crippen molar-refractivity contribution in [2.45, 2.75) is 11.3 Å². The van der Waals surface area contributed by atoms with Crippen LogP contribution in [0.2, 0.25) is 0 Å². The molecule has 1 amide bonds. The molecular weight excluding hydrogens is 348 g/mol. The lowest BCUT2D eigenvalue weighted by Gasteiger charge is -2.01. The van der Waals surface area contributed by atoms with Crippen LogP contribution in [0.3, 0.4) is 0 Å². The lowest BCUT2D eigenvalue weighted by atomic mass is 10.1. The molecule has 0 atom stereocenters. The van der Waals surface area contributed by atoms with Crippen LogP contribution in [-0.4, -0.2) is 18.4 Å². The lowest BCUT2D eigenvalue weighted by Crippen LogP contribution is -2.19. The standard InChI is InChI=1S/C16H15BrN2OS/c1-21-15-8-4-13(5-9-15)11-18-19-16(20)10-12-2-6-14(17)7-3-12/h2-9,11H,10H2,1H3,(H,19,20)/b18-11-. The number of amides is 1. The average molecular weight is 363 g/mol. The number of halogens is 1. The molecule has 0 radical (unpaired) electrons. The zero-order chi connectivity index (χ0) is 15.1. The summed E-state index contributed by atoms with van der Waals surface area (Å²) in [4.78, 5) is 12.9. The first kappa shape index (κ1) is 15.8. The normalized spacial score (nSPS) is 10.8. The molecule has 2 rings (SSSR count). The van der Waals surface area contributed by atoms with Gasteiger partial charge in [-0.15, -0.1) is 11.8 Å². The third kappa shape index (κ3) is 5.36. The minimum absolute atomic E-state index is 0.130. The fourth-order valence-electron chi connectivity index (χ4n) is 1.70. The molecule has 0 fully saturated rings. The average Bonchev–Trinajstić information content (AvgIpc) is 2.50. The highest BCUT2D eigenvalue weighted by molar-refractivity contribution is 9.10. The fraction of sp³-hybridized carbons (Fsp3) is 0.125. The summed E-state index contributed by atoms with van der Waals surface area (Å²) < 4.78 is 0.998. The molecule has 3 nitrogen and oxygen atoms in total. The summed E-state index contributed by atoms with van der Waals surface area (Å²) in [6.45, 7) is 0. The van der Waals surface area contributed by atoms with Crippen molar-refractivity contribution in [2.24, 2.45) is 5.10 Å². The summed E-state index contributed by atoms with van der Waals surface area (Å²) in [6.07, 6.45) is 3.99. The van der Waals surface area contributed by atoms with E-state index in [2.05, 4.69) is 26.5 Å². The molecule has 21 heavy (non-hydrogen) atoms. The van der Waals surface area contributed by atoms with Gasteiger partial charge in [0.15, 0.2) is 0 Å². The third-order valence-electron chi connectivity index (χ3n) is 2.80. The second kappa shape index (κ2) is 8.00.